The summed E-state index contributed by atoms with van der Waals surface area (Å²) in [6, 6.07) is 3.37. The molecule has 1 aliphatic carbocycles. The zero-order chi connectivity index (χ0) is 15.0. The lowest BCUT2D eigenvalue weighted by Crippen LogP contribution is -2.65. The number of esters is 1. The average molecular weight is 294 g/mol. The summed E-state index contributed by atoms with van der Waals surface area (Å²) in [5.74, 6) is 0.764. The second kappa shape index (κ2) is 5.46. The van der Waals surface area contributed by atoms with Crippen molar-refractivity contribution in [2.45, 2.75) is 45.5 Å². The number of methoxy groups -OCH3 is 1. The molecular weight excluding hydrogens is 272 g/mol. The molecule has 0 radical (unpaired) electrons. The summed E-state index contributed by atoms with van der Waals surface area (Å²) in [5, 5.41) is 0. The monoisotopic (exact) mass is 294 g/mol. The van der Waals surface area contributed by atoms with Crippen molar-refractivity contribution in [1.29, 1.82) is 0 Å². The summed E-state index contributed by atoms with van der Waals surface area (Å²) in [6.07, 6.45) is 2.18. The summed E-state index contributed by atoms with van der Waals surface area (Å²) in [5.41, 5.74) is -0.136. The molecule has 2 heterocycles. The maximum absolute atomic E-state index is 12.2. The molecule has 3 rings (SSSR count). The Morgan fingerprint density at radius 1 is 1.43 bits per heavy atom. The van der Waals surface area contributed by atoms with Crippen LogP contribution >= 0.6 is 0 Å². The summed E-state index contributed by atoms with van der Waals surface area (Å²) in [6.45, 7) is 5.34. The van der Waals surface area contributed by atoms with Crippen molar-refractivity contribution in [3.8, 4) is 0 Å². The molecule has 21 heavy (non-hydrogen) atoms. The minimum atomic E-state index is -0.403. The molecule has 3 unspecified atom stereocenters. The molecule has 0 spiro atoms. The summed E-state index contributed by atoms with van der Waals surface area (Å²) in [4.78, 5) is 12.2. The number of ether oxygens (including phenoxy) is 3. The Hall–Kier alpha value is -1.33. The number of carbonyl (C=O) groups excluding carboxylic acids is 1. The quantitative estimate of drug-likeness (QED) is 0.799. The predicted molar refractivity (Wildman–Crippen MR) is 74.9 cm³/mol. The van der Waals surface area contributed by atoms with E-state index in [-0.39, 0.29) is 23.4 Å². The number of hydrogen-bond donors (Lipinski definition) is 0. The van der Waals surface area contributed by atoms with Gasteiger partial charge in [-0.25, -0.2) is 4.79 Å². The lowest BCUT2D eigenvalue weighted by atomic mass is 9.57. The van der Waals surface area contributed by atoms with Gasteiger partial charge in [-0.05, 0) is 25.0 Å². The molecule has 1 aromatic heterocycles. The van der Waals surface area contributed by atoms with Crippen LogP contribution in [0.4, 0.5) is 0 Å². The first-order valence-corrected chi connectivity index (χ1v) is 7.44. The van der Waals surface area contributed by atoms with Gasteiger partial charge in [-0.1, -0.05) is 13.8 Å². The van der Waals surface area contributed by atoms with Gasteiger partial charge in [-0.3, -0.25) is 0 Å². The number of furan rings is 1. The van der Waals surface area contributed by atoms with Crippen molar-refractivity contribution >= 4 is 5.97 Å². The number of rotatable bonds is 4. The van der Waals surface area contributed by atoms with Gasteiger partial charge >= 0.3 is 5.97 Å². The van der Waals surface area contributed by atoms with Crippen molar-refractivity contribution in [3.05, 3.63) is 23.7 Å². The molecule has 0 aromatic carbocycles. The van der Waals surface area contributed by atoms with E-state index in [1.807, 2.05) is 0 Å². The second-order valence-corrected chi connectivity index (χ2v) is 6.44. The number of fused-ring (bicyclic) bond motifs is 1. The van der Waals surface area contributed by atoms with Gasteiger partial charge in [0, 0.05) is 25.0 Å². The number of carbonyl (C=O) groups is 1. The highest BCUT2D eigenvalue weighted by Gasteiger charge is 2.60. The maximum Gasteiger partial charge on any atom is 0.374 e. The average Bonchev–Trinajstić information content (AvgIpc) is 2.94. The predicted octanol–water partition coefficient (Wildman–Crippen LogP) is 2.79. The van der Waals surface area contributed by atoms with E-state index < -0.39 is 5.97 Å². The Balaban J connectivity index is 1.66. The molecule has 3 atom stereocenters. The maximum atomic E-state index is 12.2. The van der Waals surface area contributed by atoms with E-state index in [1.54, 1.807) is 19.2 Å². The highest BCUT2D eigenvalue weighted by molar-refractivity contribution is 5.86. The van der Waals surface area contributed by atoms with E-state index in [4.69, 9.17) is 18.6 Å². The van der Waals surface area contributed by atoms with Gasteiger partial charge in [0.25, 0.3) is 0 Å². The Morgan fingerprint density at radius 2 is 2.24 bits per heavy atom. The highest BCUT2D eigenvalue weighted by atomic mass is 16.6. The van der Waals surface area contributed by atoms with E-state index >= 15 is 0 Å². The van der Waals surface area contributed by atoms with Crippen molar-refractivity contribution in [2.75, 3.05) is 13.7 Å². The Kier molecular flexibility index (Phi) is 3.80. The molecular formula is C16H22O5. The molecule has 1 aliphatic heterocycles. The third kappa shape index (κ3) is 2.49. The van der Waals surface area contributed by atoms with Gasteiger partial charge < -0.3 is 18.6 Å². The van der Waals surface area contributed by atoms with Crippen molar-refractivity contribution in [2.24, 2.45) is 11.3 Å². The topological polar surface area (TPSA) is 57.9 Å². The van der Waals surface area contributed by atoms with Crippen LogP contribution in [0.2, 0.25) is 0 Å². The van der Waals surface area contributed by atoms with Crippen LogP contribution in [0.5, 0.6) is 0 Å². The Labute approximate surface area is 124 Å². The fraction of sp³-hybridized carbons (Fsp3) is 0.688. The lowest BCUT2D eigenvalue weighted by Gasteiger charge is -2.58. The third-order valence-electron chi connectivity index (χ3n) is 4.61. The molecule has 1 saturated carbocycles. The van der Waals surface area contributed by atoms with Gasteiger partial charge in [0.1, 0.15) is 18.5 Å². The molecule has 0 N–H and O–H groups in total. The molecule has 0 bridgehead atoms. The molecule has 1 saturated heterocycles. The van der Waals surface area contributed by atoms with E-state index in [0.29, 0.717) is 18.3 Å². The van der Waals surface area contributed by atoms with Crippen LogP contribution in [-0.2, 0) is 20.8 Å². The normalized spacial score (nSPS) is 30.3. The van der Waals surface area contributed by atoms with Crippen molar-refractivity contribution in [3.63, 3.8) is 0 Å². The Bertz CT molecular complexity index is 518. The molecule has 0 amide bonds. The summed E-state index contributed by atoms with van der Waals surface area (Å²) >= 11 is 0. The zero-order valence-corrected chi connectivity index (χ0v) is 12.8. The van der Waals surface area contributed by atoms with Gasteiger partial charge in [0.15, 0.2) is 0 Å². The van der Waals surface area contributed by atoms with Crippen LogP contribution in [0.3, 0.4) is 0 Å². The minimum absolute atomic E-state index is 0.105. The van der Waals surface area contributed by atoms with Crippen LogP contribution < -0.4 is 0 Å². The van der Waals surface area contributed by atoms with E-state index in [2.05, 4.69) is 13.8 Å². The van der Waals surface area contributed by atoms with Crippen LogP contribution in [0, 0.1) is 11.3 Å². The van der Waals surface area contributed by atoms with Gasteiger partial charge in [0.05, 0.1) is 6.10 Å². The fourth-order valence-electron chi connectivity index (χ4n) is 3.60. The summed E-state index contributed by atoms with van der Waals surface area (Å²) in [7, 11) is 1.58. The SMILES string of the molecule is COCc1ccc(C(=O)OC2C3CCCOC3C2(C)C)o1. The van der Waals surface area contributed by atoms with Gasteiger partial charge in [-0.2, -0.15) is 0 Å². The molecule has 5 heteroatoms. The highest BCUT2D eigenvalue weighted by Crippen LogP contribution is 2.53. The van der Waals surface area contributed by atoms with Crippen LogP contribution in [-0.4, -0.2) is 31.9 Å². The molecule has 1 aromatic rings. The van der Waals surface area contributed by atoms with Crippen molar-refractivity contribution < 1.29 is 23.4 Å². The van der Waals surface area contributed by atoms with Gasteiger partial charge in [0.2, 0.25) is 5.76 Å². The summed E-state index contributed by atoms with van der Waals surface area (Å²) < 4.78 is 21.9. The van der Waals surface area contributed by atoms with Crippen LogP contribution in [0.15, 0.2) is 16.5 Å². The number of hydrogen-bond acceptors (Lipinski definition) is 5. The van der Waals surface area contributed by atoms with E-state index in [1.165, 1.54) is 0 Å². The first kappa shape index (κ1) is 14.6. The lowest BCUT2D eigenvalue weighted by molar-refractivity contribution is -0.243. The molecule has 116 valence electrons. The minimum Gasteiger partial charge on any atom is -0.455 e. The van der Waals surface area contributed by atoms with Crippen LogP contribution in [0.1, 0.15) is 43.0 Å². The van der Waals surface area contributed by atoms with Crippen molar-refractivity contribution in [1.82, 2.24) is 0 Å². The first-order valence-electron chi connectivity index (χ1n) is 7.44. The zero-order valence-electron chi connectivity index (χ0n) is 12.8. The largest absolute Gasteiger partial charge is 0.455 e. The standard InChI is InChI=1S/C16H22O5/c1-16(2)13-11(5-4-8-19-13)14(16)21-15(17)12-7-6-10(20-12)9-18-3/h6-7,11,13-14H,4-5,8-9H2,1-3H3. The van der Waals surface area contributed by atoms with E-state index in [9.17, 15) is 4.79 Å². The third-order valence-corrected chi connectivity index (χ3v) is 4.61. The molecule has 2 aliphatic rings. The first-order chi connectivity index (χ1) is 10.0. The molecule has 2 fully saturated rings. The Morgan fingerprint density at radius 3 is 3.00 bits per heavy atom. The van der Waals surface area contributed by atoms with Gasteiger partial charge in [-0.15, -0.1) is 0 Å². The smallest absolute Gasteiger partial charge is 0.374 e. The van der Waals surface area contributed by atoms with Crippen LogP contribution in [0.25, 0.3) is 0 Å². The molecule has 5 nitrogen and oxygen atoms in total. The fourth-order valence-corrected chi connectivity index (χ4v) is 3.60. The second-order valence-electron chi connectivity index (χ2n) is 6.44. The van der Waals surface area contributed by atoms with E-state index in [0.717, 1.165) is 19.4 Å².